The van der Waals surface area contributed by atoms with Crippen LogP contribution in [-0.2, 0) is 11.2 Å². The molecule has 0 saturated heterocycles. The first-order valence-electron chi connectivity index (χ1n) is 5.72. The predicted octanol–water partition coefficient (Wildman–Crippen LogP) is 2.88. The van der Waals surface area contributed by atoms with Crippen LogP contribution in [0.5, 0.6) is 5.75 Å². The van der Waals surface area contributed by atoms with Gasteiger partial charge in [-0.3, -0.25) is 4.79 Å². The number of carbonyl (C=O) groups excluding carboxylic acids is 1. The topological polar surface area (TPSA) is 51.2 Å². The summed E-state index contributed by atoms with van der Waals surface area (Å²) in [5.74, 6) is 1.22. The maximum absolute atomic E-state index is 11.9. The van der Waals surface area contributed by atoms with E-state index in [1.807, 2.05) is 30.3 Å². The number of methoxy groups -OCH3 is 1. The van der Waals surface area contributed by atoms with Crippen LogP contribution in [0.2, 0.25) is 0 Å². The van der Waals surface area contributed by atoms with E-state index in [4.69, 9.17) is 4.74 Å². The lowest BCUT2D eigenvalue weighted by Gasteiger charge is -2.06. The molecule has 5 heteroatoms. The molecule has 0 bridgehead atoms. The van der Waals surface area contributed by atoms with Crippen molar-refractivity contribution in [2.24, 2.45) is 0 Å². The molecule has 0 aliphatic carbocycles. The molecule has 0 fully saturated rings. The molecule has 0 spiro atoms. The lowest BCUT2D eigenvalue weighted by molar-refractivity contribution is -0.115. The van der Waals surface area contributed by atoms with Gasteiger partial charge in [0, 0.05) is 9.77 Å². The second kappa shape index (κ2) is 6.51. The standard InChI is InChI=1S/C14H13IN2O2/c1-19-12-4-2-3-10(7-12)8-14(18)17-13-6-5-11(15)9-16-13/h2-7,9H,8H2,1H3,(H,16,17,18). The first-order valence-corrected chi connectivity index (χ1v) is 6.79. The van der Waals surface area contributed by atoms with Crippen LogP contribution in [0.1, 0.15) is 5.56 Å². The normalized spacial score (nSPS) is 10.0. The minimum absolute atomic E-state index is 0.0954. The molecule has 4 nitrogen and oxygen atoms in total. The van der Waals surface area contributed by atoms with Gasteiger partial charge in [-0.1, -0.05) is 12.1 Å². The number of amides is 1. The lowest BCUT2D eigenvalue weighted by atomic mass is 10.1. The summed E-state index contributed by atoms with van der Waals surface area (Å²) in [5.41, 5.74) is 0.905. The van der Waals surface area contributed by atoms with Gasteiger partial charge in [0.05, 0.1) is 13.5 Å². The number of pyridine rings is 1. The van der Waals surface area contributed by atoms with Crippen molar-refractivity contribution in [2.75, 3.05) is 12.4 Å². The Bertz CT molecular complexity index is 570. The van der Waals surface area contributed by atoms with Gasteiger partial charge in [0.2, 0.25) is 5.91 Å². The van der Waals surface area contributed by atoms with Crippen molar-refractivity contribution in [3.05, 3.63) is 51.7 Å². The van der Waals surface area contributed by atoms with Crippen LogP contribution in [0, 0.1) is 3.57 Å². The minimum atomic E-state index is -0.0954. The number of nitrogens with one attached hydrogen (secondary N) is 1. The van der Waals surface area contributed by atoms with Crippen LogP contribution in [-0.4, -0.2) is 18.0 Å². The average molecular weight is 368 g/mol. The van der Waals surface area contributed by atoms with Crippen molar-refractivity contribution in [3.8, 4) is 5.75 Å². The zero-order chi connectivity index (χ0) is 13.7. The highest BCUT2D eigenvalue weighted by molar-refractivity contribution is 14.1. The third kappa shape index (κ3) is 4.20. The Balaban J connectivity index is 1.99. The first-order chi connectivity index (χ1) is 9.17. The third-order valence-electron chi connectivity index (χ3n) is 2.49. The maximum Gasteiger partial charge on any atom is 0.229 e. The Labute approximate surface area is 125 Å². The minimum Gasteiger partial charge on any atom is -0.497 e. The monoisotopic (exact) mass is 368 g/mol. The van der Waals surface area contributed by atoms with E-state index in [1.165, 1.54) is 0 Å². The number of halogens is 1. The van der Waals surface area contributed by atoms with E-state index < -0.39 is 0 Å². The molecular weight excluding hydrogens is 355 g/mol. The number of aromatic nitrogens is 1. The van der Waals surface area contributed by atoms with Gasteiger partial charge >= 0.3 is 0 Å². The van der Waals surface area contributed by atoms with Gasteiger partial charge in [-0.2, -0.15) is 0 Å². The Morgan fingerprint density at radius 3 is 2.89 bits per heavy atom. The molecule has 0 saturated carbocycles. The number of hydrogen-bond acceptors (Lipinski definition) is 3. The summed E-state index contributed by atoms with van der Waals surface area (Å²) in [6.07, 6.45) is 2.01. The summed E-state index contributed by atoms with van der Waals surface area (Å²) < 4.78 is 6.15. The fourth-order valence-electron chi connectivity index (χ4n) is 1.60. The van der Waals surface area contributed by atoms with Gasteiger partial charge in [-0.25, -0.2) is 4.98 Å². The number of hydrogen-bond donors (Lipinski definition) is 1. The highest BCUT2D eigenvalue weighted by Gasteiger charge is 2.05. The second-order valence-corrected chi connectivity index (χ2v) is 5.18. The average Bonchev–Trinajstić information content (AvgIpc) is 2.41. The van der Waals surface area contributed by atoms with Crippen molar-refractivity contribution in [3.63, 3.8) is 0 Å². The zero-order valence-corrected chi connectivity index (χ0v) is 12.5. The van der Waals surface area contributed by atoms with Crippen LogP contribution in [0.3, 0.4) is 0 Å². The van der Waals surface area contributed by atoms with Gasteiger partial charge in [0.25, 0.3) is 0 Å². The van der Waals surface area contributed by atoms with Crippen molar-refractivity contribution in [1.29, 1.82) is 0 Å². The second-order valence-electron chi connectivity index (χ2n) is 3.94. The Kier molecular flexibility index (Phi) is 4.73. The van der Waals surface area contributed by atoms with Gasteiger partial charge in [-0.05, 0) is 52.4 Å². The predicted molar refractivity (Wildman–Crippen MR) is 82.3 cm³/mol. The van der Waals surface area contributed by atoms with Crippen LogP contribution in [0.25, 0.3) is 0 Å². The van der Waals surface area contributed by atoms with E-state index in [0.29, 0.717) is 12.2 Å². The maximum atomic E-state index is 11.9. The van der Waals surface area contributed by atoms with Gasteiger partial charge in [0.1, 0.15) is 11.6 Å². The fraction of sp³-hybridized carbons (Fsp3) is 0.143. The Morgan fingerprint density at radius 1 is 1.37 bits per heavy atom. The van der Waals surface area contributed by atoms with E-state index in [0.717, 1.165) is 14.9 Å². The van der Waals surface area contributed by atoms with Crippen LogP contribution >= 0.6 is 22.6 Å². The quantitative estimate of drug-likeness (QED) is 0.845. The van der Waals surface area contributed by atoms with E-state index in [9.17, 15) is 4.79 Å². The van der Waals surface area contributed by atoms with Crippen molar-refractivity contribution in [2.45, 2.75) is 6.42 Å². The molecule has 98 valence electrons. The highest BCUT2D eigenvalue weighted by atomic mass is 127. The molecule has 1 N–H and O–H groups in total. The molecule has 0 unspecified atom stereocenters. The molecule has 19 heavy (non-hydrogen) atoms. The molecule has 0 aliphatic rings. The smallest absolute Gasteiger partial charge is 0.229 e. The Morgan fingerprint density at radius 2 is 2.21 bits per heavy atom. The first kappa shape index (κ1) is 13.8. The van der Waals surface area contributed by atoms with Gasteiger partial charge < -0.3 is 10.1 Å². The van der Waals surface area contributed by atoms with Gasteiger partial charge in [-0.15, -0.1) is 0 Å². The molecule has 2 rings (SSSR count). The van der Waals surface area contributed by atoms with E-state index in [2.05, 4.69) is 32.9 Å². The number of rotatable bonds is 4. The summed E-state index contributed by atoms with van der Waals surface area (Å²) in [6, 6.07) is 11.1. The van der Waals surface area contributed by atoms with E-state index >= 15 is 0 Å². The molecule has 0 radical (unpaired) electrons. The van der Waals surface area contributed by atoms with Crippen LogP contribution in [0.15, 0.2) is 42.6 Å². The molecule has 1 aromatic carbocycles. The molecule has 0 aliphatic heterocycles. The van der Waals surface area contributed by atoms with Gasteiger partial charge in [0.15, 0.2) is 0 Å². The summed E-state index contributed by atoms with van der Waals surface area (Å²) in [7, 11) is 1.61. The SMILES string of the molecule is COc1cccc(CC(=O)Nc2ccc(I)cn2)c1. The van der Waals surface area contributed by atoms with Crippen molar-refractivity contribution in [1.82, 2.24) is 4.98 Å². The largest absolute Gasteiger partial charge is 0.497 e. The number of nitrogens with zero attached hydrogens (tertiary/aromatic N) is 1. The summed E-state index contributed by atoms with van der Waals surface area (Å²) >= 11 is 2.17. The third-order valence-corrected chi connectivity index (χ3v) is 3.13. The molecule has 0 atom stereocenters. The highest BCUT2D eigenvalue weighted by Crippen LogP contribution is 2.13. The van der Waals surface area contributed by atoms with E-state index in [-0.39, 0.29) is 5.91 Å². The number of carbonyl (C=O) groups is 1. The van der Waals surface area contributed by atoms with Crippen molar-refractivity contribution < 1.29 is 9.53 Å². The van der Waals surface area contributed by atoms with Crippen molar-refractivity contribution >= 4 is 34.3 Å². The summed E-state index contributed by atoms with van der Waals surface area (Å²) in [4.78, 5) is 16.0. The number of ether oxygens (including phenoxy) is 1. The molecule has 2 aromatic rings. The molecule has 1 amide bonds. The zero-order valence-electron chi connectivity index (χ0n) is 10.4. The van der Waals surface area contributed by atoms with Crippen LogP contribution in [0.4, 0.5) is 5.82 Å². The molecule has 1 heterocycles. The number of anilines is 1. The number of benzene rings is 1. The summed E-state index contributed by atoms with van der Waals surface area (Å²) in [5, 5.41) is 2.76. The lowest BCUT2D eigenvalue weighted by Crippen LogP contribution is -2.15. The molecule has 1 aromatic heterocycles. The van der Waals surface area contributed by atoms with E-state index in [1.54, 1.807) is 19.4 Å². The Hall–Kier alpha value is -1.63. The summed E-state index contributed by atoms with van der Waals surface area (Å²) in [6.45, 7) is 0. The molecular formula is C14H13IN2O2. The fourth-order valence-corrected chi connectivity index (χ4v) is 1.92. The van der Waals surface area contributed by atoms with Crippen LogP contribution < -0.4 is 10.1 Å².